The van der Waals surface area contributed by atoms with E-state index in [-0.39, 0.29) is 29.9 Å². The molecule has 2 heterocycles. The smallest absolute Gasteiger partial charge is 0.356 e. The number of hydrogen-bond donors (Lipinski definition) is 1. The van der Waals surface area contributed by atoms with Gasteiger partial charge < -0.3 is 10.2 Å². The van der Waals surface area contributed by atoms with E-state index in [4.69, 9.17) is 0 Å². The quantitative estimate of drug-likeness (QED) is 0.410. The van der Waals surface area contributed by atoms with Crippen LogP contribution in [-0.4, -0.2) is 68.3 Å². The first kappa shape index (κ1) is 20.8. The molecule has 1 unspecified atom stereocenters. The van der Waals surface area contributed by atoms with E-state index in [1.54, 1.807) is 7.05 Å². The summed E-state index contributed by atoms with van der Waals surface area (Å²) in [5.74, 6) is 1.13. The Bertz CT molecular complexity index is 412. The maximum Gasteiger partial charge on any atom is 0.401 e. The van der Waals surface area contributed by atoms with Crippen molar-refractivity contribution >= 4 is 29.9 Å². The average molecular weight is 448 g/mol. The molecule has 2 saturated heterocycles. The highest BCUT2D eigenvalue weighted by Crippen LogP contribution is 2.28. The van der Waals surface area contributed by atoms with E-state index < -0.39 is 12.7 Å². The van der Waals surface area contributed by atoms with Gasteiger partial charge in [0.15, 0.2) is 5.96 Å². The van der Waals surface area contributed by atoms with Crippen molar-refractivity contribution in [3.63, 3.8) is 0 Å². The van der Waals surface area contributed by atoms with Crippen LogP contribution in [0.2, 0.25) is 0 Å². The second-order valence-corrected chi connectivity index (χ2v) is 7.27. The van der Waals surface area contributed by atoms with Crippen molar-refractivity contribution < 1.29 is 13.2 Å². The van der Waals surface area contributed by atoms with Crippen molar-refractivity contribution in [1.82, 2.24) is 15.1 Å². The summed E-state index contributed by atoms with van der Waals surface area (Å²) in [5, 5.41) is 3.34. The molecule has 1 N–H and O–H groups in total. The molecule has 8 heteroatoms. The predicted octanol–water partition coefficient (Wildman–Crippen LogP) is 2.80. The van der Waals surface area contributed by atoms with Crippen LogP contribution in [0.5, 0.6) is 0 Å². The Morgan fingerprint density at radius 2 is 2.00 bits per heavy atom. The molecule has 1 atom stereocenters. The molecule has 2 fully saturated rings. The van der Waals surface area contributed by atoms with E-state index in [1.807, 2.05) is 0 Å². The van der Waals surface area contributed by atoms with Crippen molar-refractivity contribution in [2.24, 2.45) is 16.3 Å². The van der Waals surface area contributed by atoms with E-state index in [2.05, 4.69) is 29.1 Å². The molecule has 0 aliphatic carbocycles. The van der Waals surface area contributed by atoms with Crippen molar-refractivity contribution in [2.45, 2.75) is 32.9 Å². The van der Waals surface area contributed by atoms with Gasteiger partial charge in [0.25, 0.3) is 0 Å². The van der Waals surface area contributed by atoms with Crippen molar-refractivity contribution in [1.29, 1.82) is 0 Å². The zero-order valence-electron chi connectivity index (χ0n) is 14.1. The van der Waals surface area contributed by atoms with Gasteiger partial charge in [0.05, 0.1) is 6.54 Å². The molecule has 2 aliphatic heterocycles. The van der Waals surface area contributed by atoms with Crippen LogP contribution < -0.4 is 5.32 Å². The van der Waals surface area contributed by atoms with Crippen LogP contribution in [0.15, 0.2) is 4.99 Å². The highest BCUT2D eigenvalue weighted by atomic mass is 127. The Labute approximate surface area is 153 Å². The minimum absolute atomic E-state index is 0. The maximum absolute atomic E-state index is 12.4. The molecule has 0 bridgehead atoms. The Morgan fingerprint density at radius 3 is 2.52 bits per heavy atom. The van der Waals surface area contributed by atoms with E-state index in [0.29, 0.717) is 25.0 Å². The van der Waals surface area contributed by atoms with Crippen molar-refractivity contribution in [2.75, 3.05) is 46.3 Å². The Hall–Kier alpha value is -0.250. The van der Waals surface area contributed by atoms with Gasteiger partial charge in [-0.15, -0.1) is 24.0 Å². The Kier molecular flexibility index (Phi) is 7.43. The molecule has 0 aromatic heterocycles. The summed E-state index contributed by atoms with van der Waals surface area (Å²) >= 11 is 0. The normalized spacial score (nSPS) is 25.6. The third-order valence-corrected chi connectivity index (χ3v) is 4.51. The molecule has 2 rings (SSSR count). The van der Waals surface area contributed by atoms with Gasteiger partial charge in [-0.1, -0.05) is 13.8 Å². The van der Waals surface area contributed by atoms with Gasteiger partial charge in [0.1, 0.15) is 0 Å². The first-order chi connectivity index (χ1) is 10.2. The largest absolute Gasteiger partial charge is 0.401 e. The molecule has 0 amide bonds. The Balaban J connectivity index is 0.00000264. The fourth-order valence-corrected chi connectivity index (χ4v) is 3.34. The van der Waals surface area contributed by atoms with Crippen LogP contribution in [0, 0.1) is 11.3 Å². The first-order valence-corrected chi connectivity index (χ1v) is 7.93. The summed E-state index contributed by atoms with van der Waals surface area (Å²) in [6.07, 6.45) is -2.15. The summed E-state index contributed by atoms with van der Waals surface area (Å²) < 4.78 is 37.2. The highest BCUT2D eigenvalue weighted by molar-refractivity contribution is 14.0. The van der Waals surface area contributed by atoms with Gasteiger partial charge in [-0.2, -0.15) is 13.2 Å². The molecule has 0 saturated carbocycles. The lowest BCUT2D eigenvalue weighted by atomic mass is 9.93. The summed E-state index contributed by atoms with van der Waals surface area (Å²) in [6.45, 7) is 7.38. The predicted molar refractivity (Wildman–Crippen MR) is 97.3 cm³/mol. The standard InChI is InChI=1S/C15H27F3N4.HI/c1-14(2)5-7-22(10-14)13(19-3)20-8-12-4-6-21(9-12)11-15(16,17)18;/h12H,4-11H2,1-3H3,(H,19,20);1H. The van der Waals surface area contributed by atoms with Crippen molar-refractivity contribution in [3.8, 4) is 0 Å². The lowest BCUT2D eigenvalue weighted by molar-refractivity contribution is -0.143. The molecule has 23 heavy (non-hydrogen) atoms. The van der Waals surface area contributed by atoms with E-state index in [1.165, 1.54) is 4.90 Å². The minimum Gasteiger partial charge on any atom is -0.356 e. The third-order valence-electron chi connectivity index (χ3n) is 4.51. The average Bonchev–Trinajstić information content (AvgIpc) is 2.95. The topological polar surface area (TPSA) is 30.9 Å². The second kappa shape index (κ2) is 8.22. The number of guanidine groups is 1. The third kappa shape index (κ3) is 6.64. The second-order valence-electron chi connectivity index (χ2n) is 7.27. The van der Waals surface area contributed by atoms with Crippen LogP contribution in [0.4, 0.5) is 13.2 Å². The summed E-state index contributed by atoms with van der Waals surface area (Å²) in [4.78, 5) is 8.05. The van der Waals surface area contributed by atoms with Crippen LogP contribution >= 0.6 is 24.0 Å². The van der Waals surface area contributed by atoms with Gasteiger partial charge in [-0.3, -0.25) is 9.89 Å². The number of hydrogen-bond acceptors (Lipinski definition) is 2. The molecular formula is C15H28F3IN4. The number of nitrogens with zero attached hydrogens (tertiary/aromatic N) is 3. The number of aliphatic imine (C=N–C) groups is 1. The molecule has 136 valence electrons. The van der Waals surface area contributed by atoms with Gasteiger partial charge in [0.2, 0.25) is 0 Å². The summed E-state index contributed by atoms with van der Waals surface area (Å²) in [7, 11) is 1.76. The zero-order valence-corrected chi connectivity index (χ0v) is 16.4. The summed E-state index contributed by atoms with van der Waals surface area (Å²) in [5.41, 5.74) is 0.300. The van der Waals surface area contributed by atoms with Crippen LogP contribution in [0.1, 0.15) is 26.7 Å². The van der Waals surface area contributed by atoms with E-state index in [9.17, 15) is 13.2 Å². The molecule has 0 aromatic carbocycles. The van der Waals surface area contributed by atoms with Crippen LogP contribution in [-0.2, 0) is 0 Å². The molecule has 2 aliphatic rings. The van der Waals surface area contributed by atoms with Crippen LogP contribution in [0.25, 0.3) is 0 Å². The molecule has 0 aromatic rings. The molecule has 0 spiro atoms. The van der Waals surface area contributed by atoms with Gasteiger partial charge in [-0.05, 0) is 30.7 Å². The van der Waals surface area contributed by atoms with Gasteiger partial charge in [0, 0.05) is 33.2 Å². The number of rotatable bonds is 3. The fourth-order valence-electron chi connectivity index (χ4n) is 3.34. The van der Waals surface area contributed by atoms with Gasteiger partial charge in [-0.25, -0.2) is 0 Å². The number of likely N-dealkylation sites (tertiary alicyclic amines) is 2. The monoisotopic (exact) mass is 448 g/mol. The lowest BCUT2D eigenvalue weighted by Crippen LogP contribution is -2.43. The van der Waals surface area contributed by atoms with Crippen LogP contribution in [0.3, 0.4) is 0 Å². The van der Waals surface area contributed by atoms with E-state index >= 15 is 0 Å². The van der Waals surface area contributed by atoms with Gasteiger partial charge >= 0.3 is 6.18 Å². The SMILES string of the molecule is CN=C(NCC1CCN(CC(F)(F)F)C1)N1CCC(C)(C)C1.I. The number of nitrogens with one attached hydrogen (secondary N) is 1. The molecular weight excluding hydrogens is 420 g/mol. The minimum atomic E-state index is -4.10. The maximum atomic E-state index is 12.4. The number of halogens is 4. The zero-order chi connectivity index (χ0) is 16.4. The first-order valence-electron chi connectivity index (χ1n) is 7.93. The molecule has 4 nitrogen and oxygen atoms in total. The highest BCUT2D eigenvalue weighted by Gasteiger charge is 2.35. The van der Waals surface area contributed by atoms with Crippen molar-refractivity contribution in [3.05, 3.63) is 0 Å². The van der Waals surface area contributed by atoms with E-state index in [0.717, 1.165) is 31.9 Å². The Morgan fingerprint density at radius 1 is 1.30 bits per heavy atom. The summed E-state index contributed by atoms with van der Waals surface area (Å²) in [6, 6.07) is 0. The number of alkyl halides is 3. The lowest BCUT2D eigenvalue weighted by Gasteiger charge is -2.25. The molecule has 0 radical (unpaired) electrons. The fraction of sp³-hybridized carbons (Fsp3) is 0.933.